The minimum Gasteiger partial charge on any atom is -0.476 e. The highest BCUT2D eigenvalue weighted by Gasteiger charge is 2.25. The van der Waals surface area contributed by atoms with Crippen LogP contribution in [0.4, 0.5) is 5.82 Å². The minimum atomic E-state index is -1.05. The van der Waals surface area contributed by atoms with Gasteiger partial charge in [0.15, 0.2) is 5.69 Å². The molecule has 2 heterocycles. The van der Waals surface area contributed by atoms with Gasteiger partial charge in [0.25, 0.3) is 0 Å². The van der Waals surface area contributed by atoms with E-state index in [1.807, 2.05) is 6.07 Å². The average molecular weight is 312 g/mol. The average Bonchev–Trinajstić information content (AvgIpc) is 2.58. The molecule has 1 unspecified atom stereocenters. The summed E-state index contributed by atoms with van der Waals surface area (Å²) in [6, 6.07) is 10.8. The van der Waals surface area contributed by atoms with Crippen LogP contribution in [0.5, 0.6) is 0 Å². The van der Waals surface area contributed by atoms with Crippen LogP contribution < -0.4 is 4.90 Å². The lowest BCUT2D eigenvalue weighted by Gasteiger charge is -2.40. The van der Waals surface area contributed by atoms with Crippen molar-refractivity contribution >= 4 is 11.8 Å². The molecule has 0 amide bonds. The number of anilines is 1. The van der Waals surface area contributed by atoms with Crippen molar-refractivity contribution < 1.29 is 9.90 Å². The molecule has 1 atom stereocenters. The van der Waals surface area contributed by atoms with Gasteiger partial charge in [0, 0.05) is 25.7 Å². The Balaban J connectivity index is 1.71. The summed E-state index contributed by atoms with van der Waals surface area (Å²) in [6.45, 7) is 2.66. The van der Waals surface area contributed by atoms with Gasteiger partial charge in [-0.05, 0) is 19.0 Å². The molecule has 2 aromatic rings. The molecular weight excluding hydrogens is 292 g/mol. The van der Waals surface area contributed by atoms with Crippen molar-refractivity contribution in [3.05, 3.63) is 54.0 Å². The summed E-state index contributed by atoms with van der Waals surface area (Å²) in [5.74, 6) is -0.314. The molecular formula is C17H20N4O2. The van der Waals surface area contributed by atoms with Gasteiger partial charge in [-0.1, -0.05) is 30.3 Å². The number of carboxylic acids is 1. The van der Waals surface area contributed by atoms with Crippen LogP contribution >= 0.6 is 0 Å². The number of carbonyl (C=O) groups is 1. The summed E-state index contributed by atoms with van der Waals surface area (Å²) in [4.78, 5) is 23.6. The zero-order valence-corrected chi connectivity index (χ0v) is 13.1. The third-order valence-corrected chi connectivity index (χ3v) is 4.27. The second kappa shape index (κ2) is 6.75. The molecule has 1 aromatic carbocycles. The lowest BCUT2D eigenvalue weighted by atomic mass is 10.0. The molecule has 23 heavy (non-hydrogen) atoms. The fourth-order valence-electron chi connectivity index (χ4n) is 2.86. The first kappa shape index (κ1) is 15.4. The summed E-state index contributed by atoms with van der Waals surface area (Å²) in [6.07, 6.45) is 3.85. The quantitative estimate of drug-likeness (QED) is 0.923. The van der Waals surface area contributed by atoms with Gasteiger partial charge in [0.2, 0.25) is 0 Å². The van der Waals surface area contributed by atoms with Crippen molar-refractivity contribution in [3.63, 3.8) is 0 Å². The van der Waals surface area contributed by atoms with Gasteiger partial charge in [-0.3, -0.25) is 4.90 Å². The Kier molecular flexibility index (Phi) is 4.52. The number of benzene rings is 1. The molecule has 0 radical (unpaired) electrons. The molecule has 1 aliphatic heterocycles. The number of nitrogens with zero attached hydrogens (tertiary/aromatic N) is 4. The van der Waals surface area contributed by atoms with E-state index in [2.05, 4.69) is 51.1 Å². The second-order valence-electron chi connectivity index (χ2n) is 5.84. The summed E-state index contributed by atoms with van der Waals surface area (Å²) >= 11 is 0. The molecule has 6 heteroatoms. The van der Waals surface area contributed by atoms with Crippen LogP contribution in [0.3, 0.4) is 0 Å². The van der Waals surface area contributed by atoms with Crippen molar-refractivity contribution in [2.24, 2.45) is 0 Å². The summed E-state index contributed by atoms with van der Waals surface area (Å²) in [5.41, 5.74) is 1.29. The maximum Gasteiger partial charge on any atom is 0.356 e. The van der Waals surface area contributed by atoms with Gasteiger partial charge in [0.1, 0.15) is 5.82 Å². The van der Waals surface area contributed by atoms with Crippen LogP contribution in [0.1, 0.15) is 16.1 Å². The molecule has 3 rings (SSSR count). The van der Waals surface area contributed by atoms with E-state index in [0.29, 0.717) is 6.04 Å². The van der Waals surface area contributed by atoms with Crippen LogP contribution in [0, 0.1) is 0 Å². The molecule has 0 saturated carbocycles. The van der Waals surface area contributed by atoms with Crippen LogP contribution in [0.2, 0.25) is 0 Å². The van der Waals surface area contributed by atoms with Crippen molar-refractivity contribution in [2.45, 2.75) is 12.5 Å². The highest BCUT2D eigenvalue weighted by molar-refractivity contribution is 5.84. The van der Waals surface area contributed by atoms with Gasteiger partial charge in [-0.15, -0.1) is 0 Å². The maximum absolute atomic E-state index is 10.9. The second-order valence-corrected chi connectivity index (χ2v) is 5.84. The van der Waals surface area contributed by atoms with E-state index in [4.69, 9.17) is 5.11 Å². The monoisotopic (exact) mass is 312 g/mol. The molecule has 6 nitrogen and oxygen atoms in total. The third-order valence-electron chi connectivity index (χ3n) is 4.27. The Labute approximate surface area is 135 Å². The SMILES string of the molecule is CN1CCN(c2cnc(C(=O)O)cn2)CC1Cc1ccccc1. The number of aromatic carboxylic acids is 1. The van der Waals surface area contributed by atoms with E-state index in [9.17, 15) is 4.79 Å². The van der Waals surface area contributed by atoms with E-state index in [-0.39, 0.29) is 5.69 Å². The number of hydrogen-bond acceptors (Lipinski definition) is 5. The van der Waals surface area contributed by atoms with Crippen molar-refractivity contribution in [2.75, 3.05) is 31.6 Å². The Morgan fingerprint density at radius 3 is 2.65 bits per heavy atom. The van der Waals surface area contributed by atoms with E-state index in [1.54, 1.807) is 6.20 Å². The molecule has 1 fully saturated rings. The number of piperazine rings is 1. The first-order valence-corrected chi connectivity index (χ1v) is 7.68. The summed E-state index contributed by atoms with van der Waals surface area (Å²) in [7, 11) is 2.14. The first-order chi connectivity index (χ1) is 11.1. The van der Waals surface area contributed by atoms with Crippen molar-refractivity contribution in [1.82, 2.24) is 14.9 Å². The number of likely N-dealkylation sites (N-methyl/N-ethyl adjacent to an activating group) is 1. The molecule has 120 valence electrons. The smallest absolute Gasteiger partial charge is 0.356 e. The third kappa shape index (κ3) is 3.65. The predicted octanol–water partition coefficient (Wildman–Crippen LogP) is 1.54. The van der Waals surface area contributed by atoms with Crippen LogP contribution in [0.15, 0.2) is 42.7 Å². The molecule has 0 spiro atoms. The zero-order valence-electron chi connectivity index (χ0n) is 13.1. The molecule has 1 saturated heterocycles. The van der Waals surface area contributed by atoms with Gasteiger partial charge < -0.3 is 10.0 Å². The van der Waals surface area contributed by atoms with Crippen LogP contribution in [-0.4, -0.2) is 58.7 Å². The van der Waals surface area contributed by atoms with Gasteiger partial charge in [0.05, 0.1) is 12.4 Å². The fourth-order valence-corrected chi connectivity index (χ4v) is 2.86. The summed E-state index contributed by atoms with van der Waals surface area (Å²) in [5, 5.41) is 8.90. The molecule has 0 bridgehead atoms. The number of carboxylic acid groups (broad SMARTS) is 1. The zero-order chi connectivity index (χ0) is 16.2. The normalized spacial score (nSPS) is 18.8. The largest absolute Gasteiger partial charge is 0.476 e. The van der Waals surface area contributed by atoms with E-state index < -0.39 is 5.97 Å². The summed E-state index contributed by atoms with van der Waals surface area (Å²) < 4.78 is 0. The fraction of sp³-hybridized carbons (Fsp3) is 0.353. The maximum atomic E-state index is 10.9. The number of rotatable bonds is 4. The topological polar surface area (TPSA) is 69.6 Å². The first-order valence-electron chi connectivity index (χ1n) is 7.68. The highest BCUT2D eigenvalue weighted by atomic mass is 16.4. The van der Waals surface area contributed by atoms with E-state index >= 15 is 0 Å². The minimum absolute atomic E-state index is 0.0243. The van der Waals surface area contributed by atoms with Crippen LogP contribution in [0.25, 0.3) is 0 Å². The predicted molar refractivity (Wildman–Crippen MR) is 87.8 cm³/mol. The number of aromatic nitrogens is 2. The Bertz CT molecular complexity index is 660. The Hall–Kier alpha value is -2.47. The van der Waals surface area contributed by atoms with Gasteiger partial charge in [-0.25, -0.2) is 14.8 Å². The lowest BCUT2D eigenvalue weighted by Crippen LogP contribution is -2.52. The van der Waals surface area contributed by atoms with E-state index in [1.165, 1.54) is 11.8 Å². The Morgan fingerprint density at radius 1 is 1.22 bits per heavy atom. The lowest BCUT2D eigenvalue weighted by molar-refractivity contribution is 0.0690. The van der Waals surface area contributed by atoms with Crippen molar-refractivity contribution in [1.29, 1.82) is 0 Å². The van der Waals surface area contributed by atoms with Gasteiger partial charge in [-0.2, -0.15) is 0 Å². The standard InChI is InChI=1S/C17H20N4O2/c1-20-7-8-21(16-11-18-15(10-19-16)17(22)23)12-14(20)9-13-5-3-2-4-6-13/h2-6,10-11,14H,7-9,12H2,1H3,(H,22,23). The van der Waals surface area contributed by atoms with Crippen molar-refractivity contribution in [3.8, 4) is 0 Å². The van der Waals surface area contributed by atoms with Crippen LogP contribution in [-0.2, 0) is 6.42 Å². The molecule has 0 aliphatic carbocycles. The van der Waals surface area contributed by atoms with Gasteiger partial charge >= 0.3 is 5.97 Å². The number of hydrogen-bond donors (Lipinski definition) is 1. The molecule has 1 N–H and O–H groups in total. The molecule has 1 aromatic heterocycles. The Morgan fingerprint density at radius 2 is 2.00 bits per heavy atom. The molecule has 1 aliphatic rings. The highest BCUT2D eigenvalue weighted by Crippen LogP contribution is 2.18. The van der Waals surface area contributed by atoms with E-state index in [0.717, 1.165) is 31.9 Å².